The van der Waals surface area contributed by atoms with E-state index in [1.54, 1.807) is 0 Å². The summed E-state index contributed by atoms with van der Waals surface area (Å²) in [5.41, 5.74) is 1.99. The topological polar surface area (TPSA) is 33.0 Å². The summed E-state index contributed by atoms with van der Waals surface area (Å²) in [5.74, 6) is 0.0304. The van der Waals surface area contributed by atoms with Crippen LogP contribution in [0.25, 0.3) is 0 Å². The summed E-state index contributed by atoms with van der Waals surface area (Å²) >= 11 is 0. The minimum atomic E-state index is 0.0304. The third-order valence-electron chi connectivity index (χ3n) is 5.18. The van der Waals surface area contributed by atoms with Crippen LogP contribution in [-0.2, 0) is 6.54 Å². The normalized spacial score (nSPS) is 10.8. The molecule has 0 aliphatic carbocycles. The second kappa shape index (κ2) is 13.9. The van der Waals surface area contributed by atoms with Gasteiger partial charge in [-0.3, -0.25) is 4.79 Å². The maximum absolute atomic E-state index is 12.3. The molecule has 0 saturated carbocycles. The molecule has 3 nitrogen and oxygen atoms in total. The number of unbranched alkanes of at least 4 members (excludes halogenated alkanes) is 9. The first kappa shape index (κ1) is 22.1. The second-order valence-corrected chi connectivity index (χ2v) is 7.68. The molecule has 1 amide bonds. The van der Waals surface area contributed by atoms with E-state index >= 15 is 0 Å². The Balaban J connectivity index is 1.54. The van der Waals surface area contributed by atoms with Crippen LogP contribution in [0.5, 0.6) is 0 Å². The van der Waals surface area contributed by atoms with Crippen LogP contribution in [0.1, 0.15) is 87.1 Å². The van der Waals surface area contributed by atoms with Gasteiger partial charge in [-0.05, 0) is 6.42 Å². The molecule has 0 saturated heterocycles. The number of amides is 1. The van der Waals surface area contributed by atoms with Gasteiger partial charge in [-0.25, -0.2) is 4.57 Å². The third kappa shape index (κ3) is 9.16. The number of carbonyl (C=O) groups excluding carboxylic acids is 1. The molecule has 0 bridgehead atoms. The molecule has 0 atom stereocenters. The Kier molecular flexibility index (Phi) is 11.0. The number of benzene rings is 1. The number of pyridine rings is 1. The van der Waals surface area contributed by atoms with E-state index in [0.717, 1.165) is 25.1 Å². The molecule has 1 aromatic carbocycles. The van der Waals surface area contributed by atoms with Gasteiger partial charge in [0.2, 0.25) is 0 Å². The monoisotopic (exact) mass is 381 g/mol. The lowest BCUT2D eigenvalue weighted by Gasteiger charge is -2.05. The highest BCUT2D eigenvalue weighted by molar-refractivity contribution is 5.93. The van der Waals surface area contributed by atoms with Crippen LogP contribution in [0, 0.1) is 0 Å². The highest BCUT2D eigenvalue weighted by Crippen LogP contribution is 2.10. The lowest BCUT2D eigenvalue weighted by Crippen LogP contribution is -2.34. The Hall–Kier alpha value is -2.16. The first-order valence-corrected chi connectivity index (χ1v) is 11.1. The van der Waals surface area contributed by atoms with E-state index < -0.39 is 0 Å². The van der Waals surface area contributed by atoms with Crippen molar-refractivity contribution in [1.82, 2.24) is 5.32 Å². The number of carbonyl (C=O) groups is 1. The van der Waals surface area contributed by atoms with Gasteiger partial charge in [-0.15, -0.1) is 0 Å². The number of hydrogen-bond acceptors (Lipinski definition) is 1. The molecule has 28 heavy (non-hydrogen) atoms. The van der Waals surface area contributed by atoms with Gasteiger partial charge in [-0.1, -0.05) is 95.0 Å². The molecule has 0 radical (unpaired) electrons. The van der Waals surface area contributed by atoms with E-state index in [1.165, 1.54) is 63.4 Å². The van der Waals surface area contributed by atoms with Crippen LogP contribution in [0.3, 0.4) is 0 Å². The highest BCUT2D eigenvalue weighted by atomic mass is 16.1. The minimum Gasteiger partial charge on any atom is -0.352 e. The molecule has 2 aromatic rings. The maximum atomic E-state index is 12.3. The molecule has 0 aliphatic heterocycles. The molecule has 152 valence electrons. The summed E-state index contributed by atoms with van der Waals surface area (Å²) < 4.78 is 2.09. The van der Waals surface area contributed by atoms with Crippen molar-refractivity contribution in [2.24, 2.45) is 0 Å². The molecular formula is C25H37N2O+. The molecule has 0 fully saturated rings. The Morgan fingerprint density at radius 2 is 1.36 bits per heavy atom. The minimum absolute atomic E-state index is 0.0304. The van der Waals surface area contributed by atoms with Crippen molar-refractivity contribution in [3.8, 4) is 0 Å². The summed E-state index contributed by atoms with van der Waals surface area (Å²) in [6, 6.07) is 14.1. The summed E-state index contributed by atoms with van der Waals surface area (Å²) in [5, 5.41) is 3.05. The molecule has 0 aliphatic rings. The van der Waals surface area contributed by atoms with Crippen molar-refractivity contribution >= 4 is 5.91 Å². The fourth-order valence-corrected chi connectivity index (χ4v) is 3.42. The van der Waals surface area contributed by atoms with Crippen LogP contribution in [-0.4, -0.2) is 12.5 Å². The van der Waals surface area contributed by atoms with E-state index in [9.17, 15) is 4.79 Å². The van der Waals surface area contributed by atoms with Gasteiger partial charge < -0.3 is 5.32 Å². The molecule has 1 N–H and O–H groups in total. The van der Waals surface area contributed by atoms with Crippen LogP contribution < -0.4 is 9.88 Å². The van der Waals surface area contributed by atoms with E-state index in [-0.39, 0.29) is 5.91 Å². The summed E-state index contributed by atoms with van der Waals surface area (Å²) in [7, 11) is 0. The maximum Gasteiger partial charge on any atom is 0.251 e. The fraction of sp³-hybridized carbons (Fsp3) is 0.520. The van der Waals surface area contributed by atoms with Crippen LogP contribution in [0.4, 0.5) is 0 Å². The zero-order chi connectivity index (χ0) is 19.9. The van der Waals surface area contributed by atoms with Crippen molar-refractivity contribution in [3.05, 3.63) is 66.0 Å². The van der Waals surface area contributed by atoms with Crippen LogP contribution >= 0.6 is 0 Å². The molecule has 1 aromatic heterocycles. The molecule has 1 heterocycles. The first-order valence-electron chi connectivity index (χ1n) is 11.1. The van der Waals surface area contributed by atoms with Crippen molar-refractivity contribution in [2.75, 3.05) is 6.54 Å². The Morgan fingerprint density at radius 1 is 0.786 bits per heavy atom. The predicted octanol–water partition coefficient (Wildman–Crippen LogP) is 5.67. The Bertz CT molecular complexity index is 652. The van der Waals surface area contributed by atoms with Gasteiger partial charge in [0.05, 0.1) is 5.56 Å². The van der Waals surface area contributed by atoms with Crippen LogP contribution in [0.2, 0.25) is 0 Å². The number of nitrogens with zero attached hydrogens (tertiary/aromatic N) is 1. The number of hydrogen-bond donors (Lipinski definition) is 1. The smallest absolute Gasteiger partial charge is 0.251 e. The van der Waals surface area contributed by atoms with E-state index in [0.29, 0.717) is 0 Å². The lowest BCUT2D eigenvalue weighted by atomic mass is 10.1. The van der Waals surface area contributed by atoms with Crippen molar-refractivity contribution < 1.29 is 9.36 Å². The van der Waals surface area contributed by atoms with Gasteiger partial charge in [0.1, 0.15) is 0 Å². The van der Waals surface area contributed by atoms with Gasteiger partial charge >= 0.3 is 0 Å². The predicted molar refractivity (Wildman–Crippen MR) is 116 cm³/mol. The van der Waals surface area contributed by atoms with Gasteiger partial charge in [-0.2, -0.15) is 0 Å². The average Bonchev–Trinajstić information content (AvgIpc) is 2.73. The fourth-order valence-electron chi connectivity index (χ4n) is 3.42. The van der Waals surface area contributed by atoms with Crippen molar-refractivity contribution in [1.29, 1.82) is 0 Å². The molecule has 0 unspecified atom stereocenters. The van der Waals surface area contributed by atoms with E-state index in [4.69, 9.17) is 0 Å². The standard InChI is InChI=1S/C25H36N2O/c1-2-3-4-5-6-7-8-9-10-14-19-26-25(28)24-17-20-27(21-18-24)22-23-15-12-11-13-16-23/h11-13,15-18,20-21H,2-10,14,19,22H2,1H3/p+1. The second-order valence-electron chi connectivity index (χ2n) is 7.68. The largest absolute Gasteiger partial charge is 0.352 e. The molecule has 2 rings (SSSR count). The summed E-state index contributed by atoms with van der Waals surface area (Å²) in [6.45, 7) is 3.86. The number of rotatable bonds is 14. The summed E-state index contributed by atoms with van der Waals surface area (Å²) in [6.07, 6.45) is 17.1. The third-order valence-corrected chi connectivity index (χ3v) is 5.18. The Morgan fingerprint density at radius 3 is 1.96 bits per heavy atom. The summed E-state index contributed by atoms with van der Waals surface area (Å²) in [4.78, 5) is 12.3. The van der Waals surface area contributed by atoms with E-state index in [1.807, 2.05) is 42.7 Å². The van der Waals surface area contributed by atoms with Crippen molar-refractivity contribution in [3.63, 3.8) is 0 Å². The van der Waals surface area contributed by atoms with E-state index in [2.05, 4.69) is 28.9 Å². The zero-order valence-electron chi connectivity index (χ0n) is 17.5. The highest BCUT2D eigenvalue weighted by Gasteiger charge is 2.08. The molecular weight excluding hydrogens is 344 g/mol. The molecule has 3 heteroatoms. The Labute approximate surface area is 171 Å². The lowest BCUT2D eigenvalue weighted by molar-refractivity contribution is -0.688. The number of nitrogens with one attached hydrogen (secondary N) is 1. The van der Waals surface area contributed by atoms with Gasteiger partial charge in [0, 0.05) is 24.2 Å². The number of aromatic nitrogens is 1. The van der Waals surface area contributed by atoms with Gasteiger partial charge in [0.15, 0.2) is 18.9 Å². The first-order chi connectivity index (χ1) is 13.8. The zero-order valence-corrected chi connectivity index (χ0v) is 17.5. The SMILES string of the molecule is CCCCCCCCCCCCNC(=O)c1cc[n+](Cc2ccccc2)cc1. The average molecular weight is 382 g/mol. The van der Waals surface area contributed by atoms with Crippen LogP contribution in [0.15, 0.2) is 54.9 Å². The van der Waals surface area contributed by atoms with Gasteiger partial charge in [0.25, 0.3) is 5.91 Å². The quantitative estimate of drug-likeness (QED) is 0.332. The molecule has 0 spiro atoms. The van der Waals surface area contributed by atoms with Crippen molar-refractivity contribution in [2.45, 2.75) is 77.7 Å².